The number of hydrogen-bond donors (Lipinski definition) is 1. The molecule has 0 aliphatic heterocycles. The number of nitrogens with one attached hydrogen (secondary N) is 1. The topological polar surface area (TPSA) is 69.0 Å². The summed E-state index contributed by atoms with van der Waals surface area (Å²) >= 11 is 7.68. The van der Waals surface area contributed by atoms with Crippen LogP contribution in [0.4, 0.5) is 0 Å². The van der Waals surface area contributed by atoms with E-state index < -0.39 is 0 Å². The molecule has 168 valence electrons. The normalized spacial score (nSPS) is 24.6. The first-order valence-electron chi connectivity index (χ1n) is 11.2. The summed E-state index contributed by atoms with van der Waals surface area (Å²) in [5, 5.41) is 13.2. The Morgan fingerprint density at radius 3 is 2.77 bits per heavy atom. The summed E-state index contributed by atoms with van der Waals surface area (Å²) in [7, 11) is 0. The van der Waals surface area contributed by atoms with E-state index in [9.17, 15) is 4.79 Å². The third-order valence-electron chi connectivity index (χ3n) is 6.53. The molecule has 1 N–H and O–H groups in total. The summed E-state index contributed by atoms with van der Waals surface area (Å²) in [5.74, 6) is 2.65. The van der Waals surface area contributed by atoms with Crippen LogP contribution in [0.15, 0.2) is 29.4 Å². The molecule has 8 heteroatoms. The molecule has 2 aliphatic carbocycles. The van der Waals surface area contributed by atoms with E-state index >= 15 is 0 Å². The van der Waals surface area contributed by atoms with Gasteiger partial charge in [0.2, 0.25) is 5.91 Å². The molecule has 31 heavy (non-hydrogen) atoms. The molecule has 1 aromatic carbocycles. The lowest BCUT2D eigenvalue weighted by molar-refractivity contribution is -0.121. The van der Waals surface area contributed by atoms with Crippen molar-refractivity contribution in [3.63, 3.8) is 0 Å². The van der Waals surface area contributed by atoms with Crippen molar-refractivity contribution in [2.75, 3.05) is 0 Å². The number of carbonyl (C=O) groups excluding carboxylic acids is 1. The van der Waals surface area contributed by atoms with Crippen LogP contribution in [-0.4, -0.2) is 32.0 Å². The minimum atomic E-state index is -0.233. The first-order chi connectivity index (χ1) is 14.9. The Kier molecular flexibility index (Phi) is 7.12. The second-order valence-corrected chi connectivity index (χ2v) is 10.6. The van der Waals surface area contributed by atoms with Gasteiger partial charge in [-0.25, -0.2) is 0 Å². The lowest BCUT2D eigenvalue weighted by atomic mass is 9.78. The highest BCUT2D eigenvalue weighted by Crippen LogP contribution is 2.40. The number of benzene rings is 1. The number of amides is 1. The zero-order valence-corrected chi connectivity index (χ0v) is 20.0. The zero-order valence-electron chi connectivity index (χ0n) is 18.4. The second kappa shape index (κ2) is 9.82. The van der Waals surface area contributed by atoms with Crippen LogP contribution >= 0.6 is 23.4 Å². The summed E-state index contributed by atoms with van der Waals surface area (Å²) in [6.45, 7) is 6.78. The Balaban J connectivity index is 1.40. The van der Waals surface area contributed by atoms with Gasteiger partial charge in [0.15, 0.2) is 11.0 Å². The number of thioether (sulfide) groups is 1. The number of nitrogens with zero attached hydrogens (tertiary/aromatic N) is 3. The average molecular weight is 463 g/mol. The van der Waals surface area contributed by atoms with Gasteiger partial charge in [-0.1, -0.05) is 62.2 Å². The van der Waals surface area contributed by atoms with Gasteiger partial charge in [-0.3, -0.25) is 9.36 Å². The lowest BCUT2D eigenvalue weighted by Crippen LogP contribution is -2.46. The first kappa shape index (κ1) is 22.5. The van der Waals surface area contributed by atoms with Crippen LogP contribution < -0.4 is 10.1 Å². The van der Waals surface area contributed by atoms with E-state index in [0.717, 1.165) is 30.2 Å². The van der Waals surface area contributed by atoms with Crippen molar-refractivity contribution in [3.8, 4) is 5.75 Å². The highest BCUT2D eigenvalue weighted by atomic mass is 35.5. The fourth-order valence-corrected chi connectivity index (χ4v) is 5.32. The van der Waals surface area contributed by atoms with Gasteiger partial charge in [0.25, 0.3) is 0 Å². The van der Waals surface area contributed by atoms with Crippen molar-refractivity contribution in [3.05, 3.63) is 35.1 Å². The quantitative estimate of drug-likeness (QED) is 0.541. The van der Waals surface area contributed by atoms with Gasteiger partial charge in [0.05, 0.1) is 10.3 Å². The third-order valence-corrected chi connectivity index (χ3v) is 7.90. The number of aromatic nitrogens is 3. The summed E-state index contributed by atoms with van der Waals surface area (Å²) in [6.07, 6.45) is 5.70. The van der Waals surface area contributed by atoms with E-state index in [1.165, 1.54) is 24.6 Å². The molecule has 6 nitrogen and oxygen atoms in total. The highest BCUT2D eigenvalue weighted by molar-refractivity contribution is 8.00. The maximum atomic E-state index is 12.9. The Morgan fingerprint density at radius 1 is 1.26 bits per heavy atom. The van der Waals surface area contributed by atoms with Crippen molar-refractivity contribution in [2.45, 2.75) is 82.0 Å². The molecule has 1 amide bonds. The fraction of sp³-hybridized carbons (Fsp3) is 0.609. The van der Waals surface area contributed by atoms with Crippen molar-refractivity contribution in [2.24, 2.45) is 11.8 Å². The molecule has 2 fully saturated rings. The largest absolute Gasteiger partial charge is 0.484 e. The van der Waals surface area contributed by atoms with Crippen molar-refractivity contribution >= 4 is 29.3 Å². The number of para-hydroxylation sites is 1. The SMILES string of the molecule is CC(Sc1nnc(COc2ccccc2Cl)n1C1CC1)C(=O)NC1CCCC(C)C1C. The summed E-state index contributed by atoms with van der Waals surface area (Å²) in [5.41, 5.74) is 0. The third kappa shape index (κ3) is 5.37. The van der Waals surface area contributed by atoms with E-state index in [2.05, 4.69) is 33.9 Å². The van der Waals surface area contributed by atoms with Crippen LogP contribution in [0.3, 0.4) is 0 Å². The van der Waals surface area contributed by atoms with E-state index in [-0.39, 0.29) is 17.2 Å². The molecule has 4 atom stereocenters. The number of hydrogen-bond acceptors (Lipinski definition) is 5. The number of halogens is 1. The molecule has 0 spiro atoms. The number of carbonyl (C=O) groups is 1. The standard InChI is InChI=1S/C23H31ClN4O2S/c1-14-7-6-9-19(15(14)2)25-22(29)16(3)31-23-27-26-21(28(23)17-11-12-17)13-30-20-10-5-4-8-18(20)24/h4-5,8,10,14-17,19H,6-7,9,11-13H2,1-3H3,(H,25,29). The summed E-state index contributed by atoms with van der Waals surface area (Å²) < 4.78 is 8.02. The van der Waals surface area contributed by atoms with E-state index in [1.807, 2.05) is 25.1 Å². The molecule has 1 aromatic heterocycles. The van der Waals surface area contributed by atoms with Crippen molar-refractivity contribution < 1.29 is 9.53 Å². The molecular weight excluding hydrogens is 432 g/mol. The average Bonchev–Trinajstić information content (AvgIpc) is 3.51. The predicted molar refractivity (Wildman–Crippen MR) is 124 cm³/mol. The van der Waals surface area contributed by atoms with Gasteiger partial charge in [-0.05, 0) is 50.2 Å². The van der Waals surface area contributed by atoms with E-state index in [0.29, 0.717) is 35.3 Å². The molecule has 4 rings (SSSR count). The second-order valence-electron chi connectivity index (χ2n) is 8.86. The minimum absolute atomic E-state index is 0.0789. The molecule has 0 saturated heterocycles. The fourth-order valence-electron chi connectivity index (χ4n) is 4.19. The van der Waals surface area contributed by atoms with Crippen LogP contribution in [-0.2, 0) is 11.4 Å². The first-order valence-corrected chi connectivity index (χ1v) is 12.5. The van der Waals surface area contributed by atoms with Crippen LogP contribution in [0.5, 0.6) is 5.75 Å². The van der Waals surface area contributed by atoms with Gasteiger partial charge in [-0.2, -0.15) is 0 Å². The van der Waals surface area contributed by atoms with Gasteiger partial charge in [0, 0.05) is 12.1 Å². The maximum absolute atomic E-state index is 12.9. The highest BCUT2D eigenvalue weighted by Gasteiger charge is 2.33. The predicted octanol–water partition coefficient (Wildman–Crippen LogP) is 5.27. The minimum Gasteiger partial charge on any atom is -0.484 e. The molecule has 0 radical (unpaired) electrons. The summed E-state index contributed by atoms with van der Waals surface area (Å²) in [6, 6.07) is 8.06. The van der Waals surface area contributed by atoms with Crippen LogP contribution in [0, 0.1) is 11.8 Å². The van der Waals surface area contributed by atoms with Crippen LogP contribution in [0.25, 0.3) is 0 Å². The van der Waals surface area contributed by atoms with E-state index in [1.54, 1.807) is 6.07 Å². The number of rotatable bonds is 8. The monoisotopic (exact) mass is 462 g/mol. The Hall–Kier alpha value is -1.73. The van der Waals surface area contributed by atoms with Crippen LogP contribution in [0.1, 0.15) is 64.7 Å². The molecule has 1 heterocycles. The molecule has 2 aliphatic rings. The Bertz CT molecular complexity index is 917. The van der Waals surface area contributed by atoms with Crippen molar-refractivity contribution in [1.82, 2.24) is 20.1 Å². The molecule has 2 aromatic rings. The van der Waals surface area contributed by atoms with Crippen LogP contribution in [0.2, 0.25) is 5.02 Å². The van der Waals surface area contributed by atoms with Gasteiger partial charge >= 0.3 is 0 Å². The van der Waals surface area contributed by atoms with Gasteiger partial charge in [-0.15, -0.1) is 10.2 Å². The Morgan fingerprint density at radius 2 is 2.03 bits per heavy atom. The summed E-state index contributed by atoms with van der Waals surface area (Å²) in [4.78, 5) is 12.9. The van der Waals surface area contributed by atoms with Gasteiger partial charge in [0.1, 0.15) is 12.4 Å². The molecular formula is C23H31ClN4O2S. The number of ether oxygens (including phenoxy) is 1. The molecule has 0 bridgehead atoms. The Labute approximate surface area is 193 Å². The van der Waals surface area contributed by atoms with E-state index in [4.69, 9.17) is 16.3 Å². The lowest BCUT2D eigenvalue weighted by Gasteiger charge is -2.35. The van der Waals surface area contributed by atoms with Gasteiger partial charge < -0.3 is 10.1 Å². The molecule has 4 unspecified atom stereocenters. The maximum Gasteiger partial charge on any atom is 0.233 e. The smallest absolute Gasteiger partial charge is 0.233 e. The molecule has 2 saturated carbocycles. The zero-order chi connectivity index (χ0) is 22.0. The van der Waals surface area contributed by atoms with Crippen molar-refractivity contribution in [1.29, 1.82) is 0 Å².